The molecular weight excluding hydrogens is 308 g/mol. The van der Waals surface area contributed by atoms with Gasteiger partial charge in [0, 0.05) is 24.0 Å². The molecular formula is C16H24N6S. The van der Waals surface area contributed by atoms with E-state index in [-0.39, 0.29) is 0 Å². The summed E-state index contributed by atoms with van der Waals surface area (Å²) in [4.78, 5) is 6.61. The Morgan fingerprint density at radius 3 is 2.57 bits per heavy atom. The van der Waals surface area contributed by atoms with Crippen LogP contribution in [0, 0.1) is 0 Å². The molecule has 0 saturated carbocycles. The van der Waals surface area contributed by atoms with E-state index in [1.165, 1.54) is 5.69 Å². The van der Waals surface area contributed by atoms with Crippen LogP contribution < -0.4 is 10.3 Å². The number of anilines is 2. The van der Waals surface area contributed by atoms with Gasteiger partial charge in [0.05, 0.1) is 6.21 Å². The predicted octanol–water partition coefficient (Wildman–Crippen LogP) is 3.60. The van der Waals surface area contributed by atoms with E-state index in [1.54, 1.807) is 18.0 Å². The minimum Gasteiger partial charge on any atom is -0.372 e. The minimum atomic E-state index is 0.450. The molecule has 6 nitrogen and oxygen atoms in total. The van der Waals surface area contributed by atoms with Gasteiger partial charge in [-0.05, 0) is 31.5 Å². The quantitative estimate of drug-likeness (QED) is 0.439. The smallest absolute Gasteiger partial charge is 0.240 e. The lowest BCUT2D eigenvalue weighted by Gasteiger charge is -2.20. The van der Waals surface area contributed by atoms with Gasteiger partial charge >= 0.3 is 0 Å². The number of hydrogen-bond acceptors (Lipinski definition) is 6. The van der Waals surface area contributed by atoms with Crippen molar-refractivity contribution >= 4 is 29.6 Å². The van der Waals surface area contributed by atoms with Crippen LogP contribution in [0.2, 0.25) is 0 Å². The number of hydrazone groups is 1. The van der Waals surface area contributed by atoms with E-state index in [4.69, 9.17) is 0 Å². The molecule has 0 spiro atoms. The van der Waals surface area contributed by atoms with Crippen LogP contribution in [0.15, 0.2) is 34.5 Å². The Bertz CT molecular complexity index is 616. The average Bonchev–Trinajstić information content (AvgIpc) is 2.96. The van der Waals surface area contributed by atoms with Crippen molar-refractivity contribution in [3.05, 3.63) is 29.8 Å². The lowest BCUT2D eigenvalue weighted by Crippen LogP contribution is -2.21. The second-order valence-corrected chi connectivity index (χ2v) is 6.81. The number of aromatic amines is 1. The maximum atomic E-state index is 4.31. The van der Waals surface area contributed by atoms with Gasteiger partial charge < -0.3 is 4.90 Å². The molecule has 0 aliphatic rings. The van der Waals surface area contributed by atoms with Gasteiger partial charge in [-0.15, -0.1) is 5.10 Å². The van der Waals surface area contributed by atoms with Crippen LogP contribution in [0.4, 0.5) is 11.6 Å². The predicted molar refractivity (Wildman–Crippen MR) is 98.6 cm³/mol. The zero-order valence-electron chi connectivity index (χ0n) is 14.1. The fraction of sp³-hybridized carbons (Fsp3) is 0.438. The average molecular weight is 332 g/mol. The second-order valence-electron chi connectivity index (χ2n) is 5.27. The third-order valence-corrected chi connectivity index (χ3v) is 4.08. The molecule has 1 aromatic heterocycles. The van der Waals surface area contributed by atoms with Crippen molar-refractivity contribution in [1.29, 1.82) is 0 Å². The number of H-pyrrole nitrogens is 1. The molecule has 1 heterocycles. The van der Waals surface area contributed by atoms with Crippen LogP contribution in [0.3, 0.4) is 0 Å². The third kappa shape index (κ3) is 5.28. The summed E-state index contributed by atoms with van der Waals surface area (Å²) < 4.78 is 0. The highest BCUT2D eigenvalue weighted by Crippen LogP contribution is 2.19. The highest BCUT2D eigenvalue weighted by atomic mass is 32.2. The van der Waals surface area contributed by atoms with Gasteiger partial charge in [0.25, 0.3) is 0 Å². The lowest BCUT2D eigenvalue weighted by molar-refractivity contribution is 0.866. The summed E-state index contributed by atoms with van der Waals surface area (Å²) in [6, 6.07) is 8.33. The molecule has 23 heavy (non-hydrogen) atoms. The van der Waals surface area contributed by atoms with Crippen molar-refractivity contribution in [2.75, 3.05) is 23.4 Å². The highest BCUT2D eigenvalue weighted by molar-refractivity contribution is 7.99. The first-order chi connectivity index (χ1) is 11.1. The first-order valence-corrected chi connectivity index (χ1v) is 8.73. The van der Waals surface area contributed by atoms with E-state index in [0.717, 1.165) is 23.8 Å². The van der Waals surface area contributed by atoms with E-state index in [0.29, 0.717) is 11.2 Å². The van der Waals surface area contributed by atoms with Gasteiger partial charge in [0.1, 0.15) is 0 Å². The largest absolute Gasteiger partial charge is 0.372 e. The molecule has 2 N–H and O–H groups in total. The number of thioether (sulfide) groups is 1. The van der Waals surface area contributed by atoms with Crippen LogP contribution in [0.25, 0.3) is 0 Å². The van der Waals surface area contributed by atoms with Crippen LogP contribution in [0.1, 0.15) is 33.3 Å². The van der Waals surface area contributed by atoms with Crippen LogP contribution in [0.5, 0.6) is 0 Å². The van der Waals surface area contributed by atoms with Crippen molar-refractivity contribution in [2.24, 2.45) is 5.10 Å². The number of nitrogens with zero attached hydrogens (tertiary/aromatic N) is 4. The van der Waals surface area contributed by atoms with Crippen molar-refractivity contribution in [2.45, 2.75) is 38.1 Å². The zero-order chi connectivity index (χ0) is 16.7. The molecule has 0 atom stereocenters. The van der Waals surface area contributed by atoms with Gasteiger partial charge in [-0.2, -0.15) is 10.1 Å². The van der Waals surface area contributed by atoms with Crippen LogP contribution in [-0.4, -0.2) is 39.7 Å². The third-order valence-electron chi connectivity index (χ3n) is 3.21. The molecule has 0 bridgehead atoms. The fourth-order valence-corrected chi connectivity index (χ4v) is 2.75. The Balaban J connectivity index is 1.91. The number of aromatic nitrogens is 3. The molecule has 0 aliphatic carbocycles. The number of nitrogens with one attached hydrogen (secondary N) is 2. The molecule has 0 aliphatic heterocycles. The first kappa shape index (κ1) is 17.3. The van der Waals surface area contributed by atoms with Crippen molar-refractivity contribution in [3.63, 3.8) is 0 Å². The lowest BCUT2D eigenvalue weighted by atomic mass is 10.2. The van der Waals surface area contributed by atoms with E-state index in [1.807, 2.05) is 0 Å². The van der Waals surface area contributed by atoms with Gasteiger partial charge in [-0.25, -0.2) is 10.5 Å². The summed E-state index contributed by atoms with van der Waals surface area (Å²) in [6.45, 7) is 10.5. The number of rotatable bonds is 8. The molecule has 0 amide bonds. The summed E-state index contributed by atoms with van der Waals surface area (Å²) in [5.74, 6) is 0.546. The monoisotopic (exact) mass is 332 g/mol. The Kier molecular flexibility index (Phi) is 6.46. The van der Waals surface area contributed by atoms with Crippen molar-refractivity contribution < 1.29 is 0 Å². The molecule has 124 valence electrons. The van der Waals surface area contributed by atoms with E-state index in [2.05, 4.69) is 82.6 Å². The van der Waals surface area contributed by atoms with E-state index in [9.17, 15) is 0 Å². The molecule has 2 rings (SSSR count). The first-order valence-electron chi connectivity index (χ1n) is 7.85. The normalized spacial score (nSPS) is 11.3. The van der Waals surface area contributed by atoms with Crippen LogP contribution in [-0.2, 0) is 0 Å². The van der Waals surface area contributed by atoms with Crippen molar-refractivity contribution in [3.8, 4) is 0 Å². The van der Waals surface area contributed by atoms with Gasteiger partial charge in [-0.3, -0.25) is 0 Å². The Labute approximate surface area is 141 Å². The van der Waals surface area contributed by atoms with E-state index < -0.39 is 0 Å². The van der Waals surface area contributed by atoms with E-state index >= 15 is 0 Å². The number of benzene rings is 1. The standard InChI is InChI=1S/C16H24N6S/c1-5-22(6-2)14-9-7-13(8-10-14)11-17-19-15-18-16(21-20-15)23-12(3)4/h7-12H,5-6H2,1-4H3,(H2,18,19,20,21)/b17-11+. The van der Waals surface area contributed by atoms with Gasteiger partial charge in [0.15, 0.2) is 0 Å². The fourth-order valence-electron chi connectivity index (χ4n) is 2.09. The summed E-state index contributed by atoms with van der Waals surface area (Å²) in [5, 5.41) is 12.3. The maximum Gasteiger partial charge on any atom is 0.240 e. The minimum absolute atomic E-state index is 0.450. The topological polar surface area (TPSA) is 69.2 Å². The molecule has 7 heteroatoms. The van der Waals surface area contributed by atoms with Gasteiger partial charge in [0.2, 0.25) is 11.1 Å². The van der Waals surface area contributed by atoms with Crippen molar-refractivity contribution in [1.82, 2.24) is 15.2 Å². The summed E-state index contributed by atoms with van der Waals surface area (Å²) in [7, 11) is 0. The molecule has 2 aromatic rings. The zero-order valence-corrected chi connectivity index (χ0v) is 14.9. The number of hydrogen-bond donors (Lipinski definition) is 2. The Hall–Kier alpha value is -2.02. The summed E-state index contributed by atoms with van der Waals surface area (Å²) in [5.41, 5.74) is 5.12. The van der Waals surface area contributed by atoms with Gasteiger partial charge in [-0.1, -0.05) is 37.7 Å². The summed E-state index contributed by atoms with van der Waals surface area (Å²) >= 11 is 1.61. The molecule has 0 radical (unpaired) electrons. The van der Waals surface area contributed by atoms with Crippen LogP contribution >= 0.6 is 11.8 Å². The Morgan fingerprint density at radius 1 is 1.26 bits per heavy atom. The molecule has 0 saturated heterocycles. The SMILES string of the molecule is CCN(CC)c1ccc(/C=N/Nc2nc(SC(C)C)n[nH]2)cc1. The molecule has 0 unspecified atom stereocenters. The maximum absolute atomic E-state index is 4.31. The molecule has 0 fully saturated rings. The Morgan fingerprint density at radius 2 is 1.96 bits per heavy atom. The molecule has 1 aromatic carbocycles. The second kappa shape index (κ2) is 8.57. The highest BCUT2D eigenvalue weighted by Gasteiger charge is 2.05. The summed E-state index contributed by atoms with van der Waals surface area (Å²) in [6.07, 6.45) is 1.77.